The van der Waals surface area contributed by atoms with E-state index in [1.807, 2.05) is 0 Å². The van der Waals surface area contributed by atoms with Crippen LogP contribution in [0, 0.1) is 11.8 Å². The second-order valence-electron chi connectivity index (χ2n) is 16.3. The summed E-state index contributed by atoms with van der Waals surface area (Å²) >= 11 is 0. The van der Waals surface area contributed by atoms with E-state index >= 15 is 0 Å². The molecule has 2 heteroatoms. The summed E-state index contributed by atoms with van der Waals surface area (Å²) in [6.07, 6.45) is 22.2. The predicted octanol–water partition coefficient (Wildman–Crippen LogP) is 13.8. The Morgan fingerprint density at radius 3 is 2.13 bits per heavy atom. The van der Waals surface area contributed by atoms with Crippen molar-refractivity contribution in [3.05, 3.63) is 197 Å². The topological polar surface area (TPSA) is 16.4 Å². The van der Waals surface area contributed by atoms with E-state index in [0.29, 0.717) is 11.8 Å². The minimum absolute atomic E-state index is 0.0125. The van der Waals surface area contributed by atoms with Gasteiger partial charge in [-0.1, -0.05) is 153 Å². The molecule has 7 aromatic rings. The van der Waals surface area contributed by atoms with Crippen LogP contribution >= 0.6 is 0 Å². The normalized spacial score (nSPS) is 20.7. The number of nitrogens with zero attached hydrogens (tertiary/aromatic N) is 1. The van der Waals surface area contributed by atoms with Gasteiger partial charge in [0, 0.05) is 46.0 Å². The summed E-state index contributed by atoms with van der Waals surface area (Å²) in [6, 6.07) is 44.9. The summed E-state index contributed by atoms with van der Waals surface area (Å²) in [7, 11) is 0. The van der Waals surface area contributed by atoms with Crippen LogP contribution < -0.4 is 4.90 Å². The van der Waals surface area contributed by atoms with Crippen molar-refractivity contribution in [3.63, 3.8) is 0 Å². The van der Waals surface area contributed by atoms with E-state index in [9.17, 15) is 0 Å². The summed E-state index contributed by atoms with van der Waals surface area (Å²) in [6.45, 7) is 4.71. The number of hydrogen-bond donors (Lipinski definition) is 0. The molecule has 3 unspecified atom stereocenters. The van der Waals surface area contributed by atoms with Crippen molar-refractivity contribution >= 4 is 50.0 Å². The molecule has 0 bridgehead atoms. The van der Waals surface area contributed by atoms with Gasteiger partial charge in [-0.3, -0.25) is 0 Å². The molecule has 11 rings (SSSR count). The molecule has 0 aliphatic heterocycles. The van der Waals surface area contributed by atoms with Crippen LogP contribution in [-0.2, 0) is 11.8 Å². The smallest absolute Gasteiger partial charge is 0.135 e. The highest BCUT2D eigenvalue weighted by Gasteiger charge is 2.36. The average molecular weight is 710 g/mol. The van der Waals surface area contributed by atoms with E-state index in [1.165, 1.54) is 77.3 Å². The van der Waals surface area contributed by atoms with Gasteiger partial charge in [-0.25, -0.2) is 0 Å². The molecule has 3 atom stereocenters. The molecule has 0 saturated heterocycles. The number of fused-ring (bicyclic) bond motifs is 9. The summed E-state index contributed by atoms with van der Waals surface area (Å²) in [4.78, 5) is 2.56. The standard InChI is InChI=1S/C53H43NO/c1-53(2)48-14-8-7-13-45(48)47-33-43(27-29-49(47)53)54(42-26-21-34-9-3-4-11-39(34)31-42)41-24-19-36(20-25-41)35-15-17-37(18-16-35)40-22-28-46-51(32-40)55-50-30-23-38-10-5-6-12-44(38)52(46)50/h3-15,17-24,26-31,33,35,40-41H,16,25,32H2,1-2H3. The fourth-order valence-electron chi connectivity index (χ4n) is 9.95. The van der Waals surface area contributed by atoms with Crippen molar-refractivity contribution in [2.45, 2.75) is 44.6 Å². The molecule has 0 saturated carbocycles. The monoisotopic (exact) mass is 709 g/mol. The molecule has 0 fully saturated rings. The third kappa shape index (κ3) is 5.23. The SMILES string of the molecule is CC1(C)c2ccccc2-c2cc(N(c3ccc4ccccc4c3)C3C=CC(C4C=CC(C5C=Cc6c(oc7ccc8ccccc8c67)C5)=CC4)=CC3)ccc21. The van der Waals surface area contributed by atoms with Gasteiger partial charge in [0.25, 0.3) is 0 Å². The molecular formula is C53H43NO. The number of anilines is 2. The van der Waals surface area contributed by atoms with Gasteiger partial charge < -0.3 is 9.32 Å². The lowest BCUT2D eigenvalue weighted by atomic mass is 9.81. The van der Waals surface area contributed by atoms with Crippen LogP contribution in [0.25, 0.3) is 49.7 Å². The number of rotatable bonds is 5. The molecule has 0 N–H and O–H groups in total. The van der Waals surface area contributed by atoms with E-state index in [4.69, 9.17) is 4.42 Å². The Labute approximate surface area is 323 Å². The van der Waals surface area contributed by atoms with Crippen LogP contribution in [0.2, 0.25) is 0 Å². The van der Waals surface area contributed by atoms with E-state index in [1.54, 1.807) is 0 Å². The Morgan fingerprint density at radius 1 is 0.582 bits per heavy atom. The molecular weight excluding hydrogens is 667 g/mol. The minimum Gasteiger partial charge on any atom is -0.460 e. The van der Waals surface area contributed by atoms with Gasteiger partial charge in [-0.2, -0.15) is 0 Å². The van der Waals surface area contributed by atoms with Gasteiger partial charge in [0.05, 0.1) is 6.04 Å². The first-order valence-electron chi connectivity index (χ1n) is 19.9. The lowest BCUT2D eigenvalue weighted by molar-refractivity contribution is 0.520. The van der Waals surface area contributed by atoms with Gasteiger partial charge >= 0.3 is 0 Å². The lowest BCUT2D eigenvalue weighted by Crippen LogP contribution is -2.30. The highest BCUT2D eigenvalue weighted by molar-refractivity contribution is 6.10. The lowest BCUT2D eigenvalue weighted by Gasteiger charge is -2.35. The van der Waals surface area contributed by atoms with Crippen LogP contribution in [0.4, 0.5) is 11.4 Å². The first-order chi connectivity index (χ1) is 27.0. The Kier molecular flexibility index (Phi) is 7.33. The molecule has 0 radical (unpaired) electrons. The summed E-state index contributed by atoms with van der Waals surface area (Å²) < 4.78 is 6.47. The number of furan rings is 1. The maximum absolute atomic E-state index is 6.47. The van der Waals surface area contributed by atoms with Gasteiger partial charge in [0.15, 0.2) is 0 Å². The van der Waals surface area contributed by atoms with Crippen molar-refractivity contribution in [1.82, 2.24) is 0 Å². The summed E-state index contributed by atoms with van der Waals surface area (Å²) in [5.74, 6) is 1.82. The van der Waals surface area contributed by atoms with E-state index in [-0.39, 0.29) is 11.5 Å². The van der Waals surface area contributed by atoms with Crippen molar-refractivity contribution in [2.24, 2.45) is 11.8 Å². The molecule has 6 aromatic carbocycles. The zero-order valence-electron chi connectivity index (χ0n) is 31.4. The molecule has 1 aromatic heterocycles. The Hall–Kier alpha value is -6.12. The van der Waals surface area contributed by atoms with Crippen LogP contribution in [0.3, 0.4) is 0 Å². The molecule has 2 nitrogen and oxygen atoms in total. The molecule has 0 amide bonds. The van der Waals surface area contributed by atoms with Crippen LogP contribution in [-0.4, -0.2) is 6.04 Å². The molecule has 0 spiro atoms. The van der Waals surface area contributed by atoms with E-state index < -0.39 is 0 Å². The molecule has 1 heterocycles. The highest BCUT2D eigenvalue weighted by Crippen LogP contribution is 2.50. The fraction of sp³-hybridized carbons (Fsp3) is 0.170. The summed E-state index contributed by atoms with van der Waals surface area (Å²) in [5, 5.41) is 6.31. The maximum atomic E-state index is 6.47. The van der Waals surface area contributed by atoms with Crippen LogP contribution in [0.1, 0.15) is 49.1 Å². The largest absolute Gasteiger partial charge is 0.460 e. The van der Waals surface area contributed by atoms with Gasteiger partial charge in [0.1, 0.15) is 11.3 Å². The van der Waals surface area contributed by atoms with Crippen molar-refractivity contribution in [2.75, 3.05) is 4.90 Å². The summed E-state index contributed by atoms with van der Waals surface area (Å²) in [5.41, 5.74) is 13.0. The van der Waals surface area contributed by atoms with Crippen molar-refractivity contribution in [3.8, 4) is 11.1 Å². The highest BCUT2D eigenvalue weighted by atomic mass is 16.3. The number of hydrogen-bond acceptors (Lipinski definition) is 2. The first kappa shape index (κ1) is 32.3. The maximum Gasteiger partial charge on any atom is 0.135 e. The van der Waals surface area contributed by atoms with Gasteiger partial charge in [-0.05, 0) is 98.1 Å². The average Bonchev–Trinajstić information content (AvgIpc) is 3.73. The van der Waals surface area contributed by atoms with Gasteiger partial charge in [0.2, 0.25) is 0 Å². The molecule has 55 heavy (non-hydrogen) atoms. The number of allylic oxidation sites excluding steroid dienone is 7. The van der Waals surface area contributed by atoms with E-state index in [2.05, 4.69) is 189 Å². The van der Waals surface area contributed by atoms with Crippen molar-refractivity contribution in [1.29, 1.82) is 0 Å². The zero-order chi connectivity index (χ0) is 36.7. The van der Waals surface area contributed by atoms with Crippen LogP contribution in [0.15, 0.2) is 179 Å². The first-order valence-corrected chi connectivity index (χ1v) is 19.9. The third-order valence-electron chi connectivity index (χ3n) is 12.9. The predicted molar refractivity (Wildman–Crippen MR) is 231 cm³/mol. The third-order valence-corrected chi connectivity index (χ3v) is 12.9. The molecule has 4 aliphatic carbocycles. The second-order valence-corrected chi connectivity index (χ2v) is 16.3. The Balaban J connectivity index is 0.855. The second kappa shape index (κ2) is 12.5. The molecule has 266 valence electrons. The number of benzene rings is 6. The quantitative estimate of drug-likeness (QED) is 0.177. The Bertz CT molecular complexity index is 2850. The van der Waals surface area contributed by atoms with Gasteiger partial charge in [-0.15, -0.1) is 0 Å². The van der Waals surface area contributed by atoms with Crippen molar-refractivity contribution < 1.29 is 4.42 Å². The zero-order valence-corrected chi connectivity index (χ0v) is 31.4. The minimum atomic E-state index is -0.0125. The fourth-order valence-corrected chi connectivity index (χ4v) is 9.95. The Morgan fingerprint density at radius 2 is 1.27 bits per heavy atom. The van der Waals surface area contributed by atoms with Crippen LogP contribution in [0.5, 0.6) is 0 Å². The van der Waals surface area contributed by atoms with E-state index in [0.717, 1.165) is 30.6 Å². The molecule has 4 aliphatic rings.